The van der Waals surface area contributed by atoms with Gasteiger partial charge in [-0.15, -0.1) is 0 Å². The zero-order chi connectivity index (χ0) is 9.26. The first-order chi connectivity index (χ1) is 6.29. The number of hydrogen-bond donors (Lipinski definition) is 0. The minimum atomic E-state index is 0.974. The second-order valence-corrected chi connectivity index (χ2v) is 3.69. The van der Waals surface area contributed by atoms with Crippen LogP contribution in [-0.4, -0.2) is 9.55 Å². The van der Waals surface area contributed by atoms with E-state index < -0.39 is 0 Å². The summed E-state index contributed by atoms with van der Waals surface area (Å²) in [7, 11) is 0. The van der Waals surface area contributed by atoms with Gasteiger partial charge < -0.3 is 0 Å². The molecular weight excluding hydrogens is 228 g/mol. The van der Waals surface area contributed by atoms with Crippen LogP contribution in [0.4, 0.5) is 0 Å². The van der Waals surface area contributed by atoms with Crippen molar-refractivity contribution in [1.82, 2.24) is 9.55 Å². The number of hydrogen-bond acceptors (Lipinski definition) is 1. The van der Waals surface area contributed by atoms with Gasteiger partial charge in [-0.3, -0.25) is 4.57 Å². The molecule has 0 N–H and O–H groups in total. The van der Waals surface area contributed by atoms with E-state index in [1.807, 2.05) is 16.7 Å². The van der Waals surface area contributed by atoms with E-state index in [2.05, 4.69) is 40.0 Å². The van der Waals surface area contributed by atoms with Crippen molar-refractivity contribution in [1.29, 1.82) is 0 Å². The quantitative estimate of drug-likeness (QED) is 0.745. The molecule has 0 aliphatic heterocycles. The van der Waals surface area contributed by atoms with E-state index in [0.29, 0.717) is 0 Å². The molecule has 0 bridgehead atoms. The average molecular weight is 237 g/mol. The van der Waals surface area contributed by atoms with E-state index in [1.165, 1.54) is 5.56 Å². The van der Waals surface area contributed by atoms with E-state index in [0.717, 1.165) is 10.3 Å². The summed E-state index contributed by atoms with van der Waals surface area (Å²) in [4.78, 5) is 4.06. The molecule has 0 spiro atoms. The Hall–Kier alpha value is -1.09. The smallest absolute Gasteiger partial charge is 0.109 e. The summed E-state index contributed by atoms with van der Waals surface area (Å²) < 4.78 is 2.98. The van der Waals surface area contributed by atoms with Gasteiger partial charge in [0.25, 0.3) is 0 Å². The van der Waals surface area contributed by atoms with Crippen molar-refractivity contribution in [3.8, 4) is 5.69 Å². The highest BCUT2D eigenvalue weighted by molar-refractivity contribution is 9.10. The second kappa shape index (κ2) is 3.34. The zero-order valence-corrected chi connectivity index (χ0v) is 8.82. The Kier molecular flexibility index (Phi) is 2.19. The number of rotatable bonds is 1. The second-order valence-electron chi connectivity index (χ2n) is 2.87. The van der Waals surface area contributed by atoms with Crippen LogP contribution < -0.4 is 0 Å². The number of halogens is 1. The van der Waals surface area contributed by atoms with Crippen LogP contribution in [0.1, 0.15) is 5.56 Å². The standard InChI is InChI=1S/C10H9BrN2/c1-8-4-2-3-5-9(8)13-7-12-6-10(13)11/h2-7H,1H3. The van der Waals surface area contributed by atoms with E-state index >= 15 is 0 Å². The number of aromatic nitrogens is 2. The first kappa shape index (κ1) is 8.51. The molecule has 66 valence electrons. The van der Waals surface area contributed by atoms with Gasteiger partial charge in [0.1, 0.15) is 10.9 Å². The fourth-order valence-electron chi connectivity index (χ4n) is 1.29. The highest BCUT2D eigenvalue weighted by Crippen LogP contribution is 2.18. The van der Waals surface area contributed by atoms with Crippen LogP contribution in [0, 0.1) is 6.92 Å². The van der Waals surface area contributed by atoms with Gasteiger partial charge >= 0.3 is 0 Å². The zero-order valence-electron chi connectivity index (χ0n) is 7.24. The van der Waals surface area contributed by atoms with Crippen LogP contribution in [0.2, 0.25) is 0 Å². The van der Waals surface area contributed by atoms with Crippen LogP contribution >= 0.6 is 15.9 Å². The van der Waals surface area contributed by atoms with Crippen LogP contribution in [-0.2, 0) is 0 Å². The van der Waals surface area contributed by atoms with Crippen LogP contribution in [0.5, 0.6) is 0 Å². The highest BCUT2D eigenvalue weighted by Gasteiger charge is 2.02. The molecule has 0 saturated heterocycles. The number of para-hydroxylation sites is 1. The third-order valence-electron chi connectivity index (χ3n) is 1.97. The first-order valence-electron chi connectivity index (χ1n) is 4.03. The molecular formula is C10H9BrN2. The van der Waals surface area contributed by atoms with Gasteiger partial charge in [0.2, 0.25) is 0 Å². The van der Waals surface area contributed by atoms with Crippen molar-refractivity contribution in [2.45, 2.75) is 6.92 Å². The lowest BCUT2D eigenvalue weighted by Gasteiger charge is -2.06. The van der Waals surface area contributed by atoms with Crippen LogP contribution in [0.3, 0.4) is 0 Å². The van der Waals surface area contributed by atoms with Crippen molar-refractivity contribution >= 4 is 15.9 Å². The van der Waals surface area contributed by atoms with Gasteiger partial charge in [0.15, 0.2) is 0 Å². The Labute approximate surface area is 85.4 Å². The summed E-state index contributed by atoms with van der Waals surface area (Å²) in [5.41, 5.74) is 2.40. The molecule has 0 radical (unpaired) electrons. The van der Waals surface area contributed by atoms with Crippen LogP contribution in [0.15, 0.2) is 41.4 Å². The summed E-state index contributed by atoms with van der Waals surface area (Å²) in [6.07, 6.45) is 3.58. The molecule has 2 nitrogen and oxygen atoms in total. The van der Waals surface area contributed by atoms with Crippen molar-refractivity contribution in [2.75, 3.05) is 0 Å². The minimum absolute atomic E-state index is 0.974. The lowest BCUT2D eigenvalue weighted by Crippen LogP contribution is -1.94. The fraction of sp³-hybridized carbons (Fsp3) is 0.100. The number of aryl methyl sites for hydroxylation is 1. The number of nitrogens with zero attached hydrogens (tertiary/aromatic N) is 2. The van der Waals surface area contributed by atoms with Crippen LogP contribution in [0.25, 0.3) is 5.69 Å². The topological polar surface area (TPSA) is 17.8 Å². The highest BCUT2D eigenvalue weighted by atomic mass is 79.9. The Morgan fingerprint density at radius 1 is 1.31 bits per heavy atom. The normalized spacial score (nSPS) is 10.3. The molecule has 0 fully saturated rings. The maximum atomic E-state index is 4.06. The average Bonchev–Trinajstić information content (AvgIpc) is 2.52. The molecule has 2 aromatic rings. The van der Waals surface area contributed by atoms with Crippen molar-refractivity contribution in [3.05, 3.63) is 47.0 Å². The third kappa shape index (κ3) is 1.52. The largest absolute Gasteiger partial charge is 0.293 e. The van der Waals surface area contributed by atoms with E-state index in [9.17, 15) is 0 Å². The van der Waals surface area contributed by atoms with Gasteiger partial charge in [0.05, 0.1) is 11.9 Å². The van der Waals surface area contributed by atoms with E-state index in [4.69, 9.17) is 0 Å². The predicted octanol–water partition coefficient (Wildman–Crippen LogP) is 2.94. The van der Waals surface area contributed by atoms with Gasteiger partial charge in [-0.1, -0.05) is 18.2 Å². The Bertz CT molecular complexity index is 420. The molecule has 0 unspecified atom stereocenters. The molecule has 0 aliphatic rings. The molecule has 1 aromatic heterocycles. The Morgan fingerprint density at radius 2 is 2.08 bits per heavy atom. The SMILES string of the molecule is Cc1ccccc1-n1cncc1Br. The van der Waals surface area contributed by atoms with Gasteiger partial charge in [-0.2, -0.15) is 0 Å². The van der Waals surface area contributed by atoms with Gasteiger partial charge in [-0.05, 0) is 34.5 Å². The fourth-order valence-corrected chi connectivity index (χ4v) is 1.69. The molecule has 13 heavy (non-hydrogen) atoms. The maximum Gasteiger partial charge on any atom is 0.109 e. The van der Waals surface area contributed by atoms with Crippen molar-refractivity contribution in [3.63, 3.8) is 0 Å². The molecule has 2 rings (SSSR count). The summed E-state index contributed by atoms with van der Waals surface area (Å²) >= 11 is 3.44. The molecule has 0 atom stereocenters. The lowest BCUT2D eigenvalue weighted by molar-refractivity contribution is 1.02. The predicted molar refractivity (Wildman–Crippen MR) is 56.0 cm³/mol. The maximum absolute atomic E-state index is 4.06. The van der Waals surface area contributed by atoms with E-state index in [1.54, 1.807) is 12.5 Å². The van der Waals surface area contributed by atoms with E-state index in [-0.39, 0.29) is 0 Å². The lowest BCUT2D eigenvalue weighted by atomic mass is 10.2. The number of benzene rings is 1. The molecule has 0 aliphatic carbocycles. The summed E-state index contributed by atoms with van der Waals surface area (Å²) in [5.74, 6) is 0. The summed E-state index contributed by atoms with van der Waals surface area (Å²) in [5, 5.41) is 0. The third-order valence-corrected chi connectivity index (χ3v) is 2.56. The molecule has 0 amide bonds. The Balaban J connectivity index is 2.59. The molecule has 3 heteroatoms. The van der Waals surface area contributed by atoms with Gasteiger partial charge in [0, 0.05) is 0 Å². The molecule has 1 heterocycles. The summed E-state index contributed by atoms with van der Waals surface area (Å²) in [6.45, 7) is 2.09. The minimum Gasteiger partial charge on any atom is -0.293 e. The molecule has 1 aromatic carbocycles. The Morgan fingerprint density at radius 3 is 2.69 bits per heavy atom. The monoisotopic (exact) mass is 236 g/mol. The summed E-state index contributed by atoms with van der Waals surface area (Å²) in [6, 6.07) is 8.21. The first-order valence-corrected chi connectivity index (χ1v) is 4.82. The number of imidazole rings is 1. The molecule has 0 saturated carbocycles. The van der Waals surface area contributed by atoms with Crippen molar-refractivity contribution < 1.29 is 0 Å². The van der Waals surface area contributed by atoms with Crippen molar-refractivity contribution in [2.24, 2.45) is 0 Å². The van der Waals surface area contributed by atoms with Gasteiger partial charge in [-0.25, -0.2) is 4.98 Å².